The van der Waals surface area contributed by atoms with E-state index in [4.69, 9.17) is 5.11 Å². The second-order valence-electron chi connectivity index (χ2n) is 4.94. The molecule has 1 aromatic rings. The summed E-state index contributed by atoms with van der Waals surface area (Å²) in [6.07, 6.45) is 1.25. The highest BCUT2D eigenvalue weighted by molar-refractivity contribution is 5.91. The number of hydrogen-bond acceptors (Lipinski definition) is 2. The van der Waals surface area contributed by atoms with Crippen molar-refractivity contribution in [3.8, 4) is 0 Å². The molecule has 0 spiro atoms. The number of amides is 2. The van der Waals surface area contributed by atoms with Gasteiger partial charge < -0.3 is 10.0 Å². The number of likely N-dealkylation sites (tertiary alicyclic amines) is 1. The van der Waals surface area contributed by atoms with E-state index in [1.54, 1.807) is 13.1 Å². The zero-order valence-electron chi connectivity index (χ0n) is 11.3. The number of carboxylic acids is 1. The summed E-state index contributed by atoms with van der Waals surface area (Å²) in [6.45, 7) is 0.732. The molecule has 1 saturated heterocycles. The van der Waals surface area contributed by atoms with Gasteiger partial charge in [-0.3, -0.25) is 9.69 Å². The summed E-state index contributed by atoms with van der Waals surface area (Å²) < 4.78 is 13.2. The highest BCUT2D eigenvalue weighted by atomic mass is 19.1. The molecule has 0 saturated carbocycles. The third-order valence-corrected chi connectivity index (χ3v) is 3.52. The summed E-state index contributed by atoms with van der Waals surface area (Å²) in [6, 6.07) is 5.45. The van der Waals surface area contributed by atoms with Gasteiger partial charge >= 0.3 is 12.0 Å². The van der Waals surface area contributed by atoms with Crippen LogP contribution in [-0.4, -0.2) is 42.1 Å². The lowest BCUT2D eigenvalue weighted by atomic mass is 9.99. The first-order valence-electron chi connectivity index (χ1n) is 6.50. The number of aliphatic carboxylic acids is 1. The first kappa shape index (κ1) is 14.3. The molecule has 2 rings (SSSR count). The minimum Gasteiger partial charge on any atom is -0.481 e. The number of benzene rings is 1. The van der Waals surface area contributed by atoms with Crippen LogP contribution in [0.4, 0.5) is 14.9 Å². The third kappa shape index (κ3) is 3.07. The number of nitrogens with zero attached hydrogens (tertiary/aromatic N) is 2. The number of anilines is 1. The molecule has 1 fully saturated rings. The first-order chi connectivity index (χ1) is 9.49. The van der Waals surface area contributed by atoms with Crippen molar-refractivity contribution in [3.63, 3.8) is 0 Å². The molecule has 1 aromatic carbocycles. The van der Waals surface area contributed by atoms with Gasteiger partial charge in [-0.1, -0.05) is 6.07 Å². The van der Waals surface area contributed by atoms with Crippen LogP contribution in [0.25, 0.3) is 0 Å². The Balaban J connectivity index is 2.08. The molecule has 0 bridgehead atoms. The van der Waals surface area contributed by atoms with Gasteiger partial charge in [-0.25, -0.2) is 9.18 Å². The van der Waals surface area contributed by atoms with Crippen LogP contribution in [0.3, 0.4) is 0 Å². The monoisotopic (exact) mass is 280 g/mol. The van der Waals surface area contributed by atoms with Crippen molar-refractivity contribution in [3.05, 3.63) is 30.1 Å². The average Bonchev–Trinajstić information content (AvgIpc) is 2.45. The van der Waals surface area contributed by atoms with Crippen LogP contribution >= 0.6 is 0 Å². The molecule has 1 atom stereocenters. The SMILES string of the molecule is CN(C(=O)N1CCCC(C(=O)O)C1)c1cccc(F)c1. The van der Waals surface area contributed by atoms with Crippen molar-refractivity contribution >= 4 is 17.7 Å². The fourth-order valence-electron chi connectivity index (χ4n) is 2.36. The van der Waals surface area contributed by atoms with Gasteiger partial charge in [-0.05, 0) is 31.0 Å². The summed E-state index contributed by atoms with van der Waals surface area (Å²) in [5, 5.41) is 9.03. The van der Waals surface area contributed by atoms with E-state index in [2.05, 4.69) is 0 Å². The largest absolute Gasteiger partial charge is 0.481 e. The lowest BCUT2D eigenvalue weighted by molar-refractivity contribution is -0.143. The smallest absolute Gasteiger partial charge is 0.324 e. The van der Waals surface area contributed by atoms with E-state index < -0.39 is 17.7 Å². The highest BCUT2D eigenvalue weighted by Crippen LogP contribution is 2.20. The van der Waals surface area contributed by atoms with Crippen LogP contribution in [0.15, 0.2) is 24.3 Å². The number of carboxylic acid groups (broad SMARTS) is 1. The maximum absolute atomic E-state index is 13.2. The van der Waals surface area contributed by atoms with Crippen molar-refractivity contribution in [2.24, 2.45) is 5.92 Å². The van der Waals surface area contributed by atoms with Crippen molar-refractivity contribution in [1.29, 1.82) is 0 Å². The normalized spacial score (nSPS) is 18.7. The van der Waals surface area contributed by atoms with Gasteiger partial charge in [0.2, 0.25) is 0 Å². The zero-order chi connectivity index (χ0) is 14.7. The van der Waals surface area contributed by atoms with Crippen molar-refractivity contribution in [1.82, 2.24) is 4.90 Å². The number of halogens is 1. The molecule has 1 aliphatic rings. The Kier molecular flexibility index (Phi) is 4.22. The molecule has 1 N–H and O–H groups in total. The molecule has 0 radical (unpaired) electrons. The summed E-state index contributed by atoms with van der Waals surface area (Å²) in [7, 11) is 1.56. The molecule has 0 aliphatic carbocycles. The second kappa shape index (κ2) is 5.90. The Morgan fingerprint density at radius 1 is 1.45 bits per heavy atom. The fourth-order valence-corrected chi connectivity index (χ4v) is 2.36. The third-order valence-electron chi connectivity index (χ3n) is 3.52. The van der Waals surface area contributed by atoms with Gasteiger partial charge in [0.25, 0.3) is 0 Å². The van der Waals surface area contributed by atoms with Crippen molar-refractivity contribution in [2.75, 3.05) is 25.0 Å². The topological polar surface area (TPSA) is 60.9 Å². The Labute approximate surface area is 116 Å². The van der Waals surface area contributed by atoms with E-state index in [-0.39, 0.29) is 12.6 Å². The summed E-state index contributed by atoms with van der Waals surface area (Å²) >= 11 is 0. The predicted molar refractivity (Wildman–Crippen MR) is 72.1 cm³/mol. The van der Waals surface area contributed by atoms with Gasteiger partial charge in [0.1, 0.15) is 5.82 Å². The Morgan fingerprint density at radius 3 is 2.85 bits per heavy atom. The lowest BCUT2D eigenvalue weighted by Crippen LogP contribution is -2.47. The quantitative estimate of drug-likeness (QED) is 0.903. The summed E-state index contributed by atoms with van der Waals surface area (Å²) in [5.41, 5.74) is 0.451. The highest BCUT2D eigenvalue weighted by Gasteiger charge is 2.29. The zero-order valence-corrected chi connectivity index (χ0v) is 11.3. The summed E-state index contributed by atoms with van der Waals surface area (Å²) in [5.74, 6) is -1.81. The molecule has 1 unspecified atom stereocenters. The maximum Gasteiger partial charge on any atom is 0.324 e. The number of rotatable bonds is 2. The average molecular weight is 280 g/mol. The number of carbonyl (C=O) groups excluding carboxylic acids is 1. The Bertz CT molecular complexity index is 521. The molecule has 2 amide bonds. The predicted octanol–water partition coefficient (Wildman–Crippen LogP) is 2.18. The molecule has 1 aliphatic heterocycles. The lowest BCUT2D eigenvalue weighted by Gasteiger charge is -2.33. The minimum atomic E-state index is -0.879. The van der Waals surface area contributed by atoms with Crippen molar-refractivity contribution in [2.45, 2.75) is 12.8 Å². The minimum absolute atomic E-state index is 0.202. The van der Waals surface area contributed by atoms with Gasteiger partial charge in [-0.15, -0.1) is 0 Å². The van der Waals surface area contributed by atoms with Crippen LogP contribution < -0.4 is 4.90 Å². The van der Waals surface area contributed by atoms with Gasteiger partial charge in [0, 0.05) is 25.8 Å². The molecule has 108 valence electrons. The molecule has 0 aromatic heterocycles. The van der Waals surface area contributed by atoms with Crippen LogP contribution in [0.5, 0.6) is 0 Å². The van der Waals surface area contributed by atoms with E-state index in [1.807, 2.05) is 0 Å². The van der Waals surface area contributed by atoms with Gasteiger partial charge in [0.15, 0.2) is 0 Å². The van der Waals surface area contributed by atoms with E-state index in [9.17, 15) is 14.0 Å². The fraction of sp³-hybridized carbons (Fsp3) is 0.429. The number of urea groups is 1. The van der Waals surface area contributed by atoms with Crippen LogP contribution in [0.2, 0.25) is 0 Å². The standard InChI is InChI=1S/C14H17FN2O3/c1-16(12-6-2-5-11(15)8-12)14(20)17-7-3-4-10(9-17)13(18)19/h2,5-6,8,10H,3-4,7,9H2,1H3,(H,18,19). The number of piperidine rings is 1. The van der Waals surface area contributed by atoms with Crippen molar-refractivity contribution < 1.29 is 19.1 Å². The molecular weight excluding hydrogens is 263 g/mol. The first-order valence-corrected chi connectivity index (χ1v) is 6.50. The maximum atomic E-state index is 13.2. The van der Waals surface area contributed by atoms with Gasteiger partial charge in [-0.2, -0.15) is 0 Å². The Hall–Kier alpha value is -2.11. The molecule has 20 heavy (non-hydrogen) atoms. The second-order valence-corrected chi connectivity index (χ2v) is 4.94. The van der Waals surface area contributed by atoms with E-state index in [0.717, 1.165) is 0 Å². The molecular formula is C14H17FN2O3. The van der Waals surface area contributed by atoms with Gasteiger partial charge in [0.05, 0.1) is 5.92 Å². The molecule has 6 heteroatoms. The van der Waals surface area contributed by atoms with E-state index >= 15 is 0 Å². The number of hydrogen-bond donors (Lipinski definition) is 1. The number of carbonyl (C=O) groups is 2. The van der Waals surface area contributed by atoms with Crippen LogP contribution in [-0.2, 0) is 4.79 Å². The Morgan fingerprint density at radius 2 is 2.20 bits per heavy atom. The van der Waals surface area contributed by atoms with Crippen LogP contribution in [0, 0.1) is 11.7 Å². The van der Waals surface area contributed by atoms with E-state index in [0.29, 0.717) is 25.1 Å². The molecule has 1 heterocycles. The van der Waals surface area contributed by atoms with Crippen LogP contribution in [0.1, 0.15) is 12.8 Å². The van der Waals surface area contributed by atoms with E-state index in [1.165, 1.54) is 28.0 Å². The molecule has 5 nitrogen and oxygen atoms in total. The summed E-state index contributed by atoms with van der Waals surface area (Å²) in [4.78, 5) is 26.2.